The highest BCUT2D eigenvalue weighted by atomic mass is 16.1. The van der Waals surface area contributed by atoms with Crippen molar-refractivity contribution in [1.29, 1.82) is 0 Å². The number of Topliss-reactive ketones (excluding diaryl/α,β-unsaturated/α-hetero) is 1. The molecule has 0 aliphatic carbocycles. The molecule has 168 valence electrons. The maximum absolute atomic E-state index is 13.1. The van der Waals surface area contributed by atoms with Crippen LogP contribution >= 0.6 is 0 Å². The quantitative estimate of drug-likeness (QED) is 0.243. The zero-order valence-corrected chi connectivity index (χ0v) is 19.6. The second kappa shape index (κ2) is 9.48. The summed E-state index contributed by atoms with van der Waals surface area (Å²) in [6.45, 7) is 4.13. The summed E-state index contributed by atoms with van der Waals surface area (Å²) in [7, 11) is 0. The number of fused-ring (bicyclic) bond motifs is 1. The summed E-state index contributed by atoms with van der Waals surface area (Å²) < 4.78 is 2.32. The molecule has 0 radical (unpaired) electrons. The Bertz CT molecular complexity index is 1410. The third-order valence-electron chi connectivity index (χ3n) is 6.42. The number of para-hydroxylation sites is 2. The molecule has 3 nitrogen and oxygen atoms in total. The van der Waals surface area contributed by atoms with Crippen LogP contribution in [-0.4, -0.2) is 15.3 Å². The van der Waals surface area contributed by atoms with Crippen molar-refractivity contribution in [3.05, 3.63) is 125 Å². The number of rotatable bonds is 7. The lowest BCUT2D eigenvalue weighted by Gasteiger charge is -2.23. The number of hydrogen-bond donors (Lipinski definition) is 0. The Labute approximate surface area is 200 Å². The molecule has 0 bridgehead atoms. The molecule has 0 aliphatic heterocycles. The van der Waals surface area contributed by atoms with E-state index in [2.05, 4.69) is 78.2 Å². The molecule has 34 heavy (non-hydrogen) atoms. The smallest absolute Gasteiger partial charge is 0.162 e. The average molecular weight is 445 g/mol. The predicted molar refractivity (Wildman–Crippen MR) is 139 cm³/mol. The fourth-order valence-corrected chi connectivity index (χ4v) is 4.54. The molecule has 0 amide bonds. The van der Waals surface area contributed by atoms with Gasteiger partial charge in [-0.15, -0.1) is 0 Å². The van der Waals surface area contributed by atoms with E-state index in [0.717, 1.165) is 33.5 Å². The zero-order valence-electron chi connectivity index (χ0n) is 19.6. The Morgan fingerprint density at radius 2 is 1.38 bits per heavy atom. The van der Waals surface area contributed by atoms with Gasteiger partial charge in [-0.1, -0.05) is 102 Å². The van der Waals surface area contributed by atoms with Crippen LogP contribution < -0.4 is 0 Å². The highest BCUT2D eigenvalue weighted by Gasteiger charge is 2.23. The van der Waals surface area contributed by atoms with Crippen LogP contribution in [0.15, 0.2) is 103 Å². The van der Waals surface area contributed by atoms with Gasteiger partial charge in [0.05, 0.1) is 17.1 Å². The Kier molecular flexibility index (Phi) is 6.09. The first kappa shape index (κ1) is 21.8. The Morgan fingerprint density at radius 1 is 0.765 bits per heavy atom. The van der Waals surface area contributed by atoms with Gasteiger partial charge in [-0.05, 0) is 38.0 Å². The molecule has 0 spiro atoms. The number of aryl methyl sites for hydroxylation is 2. The largest absolute Gasteiger partial charge is 0.316 e. The van der Waals surface area contributed by atoms with Gasteiger partial charge in [0, 0.05) is 17.5 Å². The first-order valence-corrected chi connectivity index (χ1v) is 11.8. The summed E-state index contributed by atoms with van der Waals surface area (Å²) in [5.41, 5.74) is 7.44. The van der Waals surface area contributed by atoms with Gasteiger partial charge in [-0.2, -0.15) is 0 Å². The lowest BCUT2D eigenvalue weighted by Crippen LogP contribution is -2.14. The van der Waals surface area contributed by atoms with E-state index in [1.807, 2.05) is 43.3 Å². The fraction of sp³-hybridized carbons (Fsp3) is 0.161. The van der Waals surface area contributed by atoms with Crippen molar-refractivity contribution in [3.63, 3.8) is 0 Å². The second-order valence-corrected chi connectivity index (χ2v) is 8.91. The van der Waals surface area contributed by atoms with Gasteiger partial charge in [-0.25, -0.2) is 4.98 Å². The highest BCUT2D eigenvalue weighted by molar-refractivity contribution is 5.96. The third-order valence-corrected chi connectivity index (χ3v) is 6.42. The van der Waals surface area contributed by atoms with E-state index in [-0.39, 0.29) is 11.8 Å². The van der Waals surface area contributed by atoms with Crippen molar-refractivity contribution >= 4 is 16.8 Å². The molecule has 4 aromatic carbocycles. The van der Waals surface area contributed by atoms with Crippen molar-refractivity contribution in [3.8, 4) is 11.4 Å². The molecule has 0 aliphatic rings. The molecule has 1 aromatic heterocycles. The number of carbonyl (C=O) groups is 1. The molecular formula is C31H28N2O. The van der Waals surface area contributed by atoms with Gasteiger partial charge in [0.25, 0.3) is 0 Å². The first-order valence-electron chi connectivity index (χ1n) is 11.8. The van der Waals surface area contributed by atoms with Crippen LogP contribution in [0.2, 0.25) is 0 Å². The summed E-state index contributed by atoms with van der Waals surface area (Å²) >= 11 is 0. The number of nitrogens with zero attached hydrogens (tertiary/aromatic N) is 2. The average Bonchev–Trinajstić information content (AvgIpc) is 3.25. The van der Waals surface area contributed by atoms with Crippen LogP contribution in [0.4, 0.5) is 0 Å². The van der Waals surface area contributed by atoms with Gasteiger partial charge >= 0.3 is 0 Å². The van der Waals surface area contributed by atoms with Gasteiger partial charge in [0.1, 0.15) is 5.82 Å². The van der Waals surface area contributed by atoms with E-state index in [0.29, 0.717) is 12.8 Å². The monoisotopic (exact) mass is 444 g/mol. The molecule has 1 heterocycles. The minimum atomic E-state index is -0.0145. The number of benzene rings is 4. The second-order valence-electron chi connectivity index (χ2n) is 8.91. The molecule has 0 N–H and O–H groups in total. The zero-order chi connectivity index (χ0) is 23.5. The van der Waals surface area contributed by atoms with Crippen LogP contribution in [0.25, 0.3) is 22.4 Å². The van der Waals surface area contributed by atoms with E-state index in [4.69, 9.17) is 4.98 Å². The lowest BCUT2D eigenvalue weighted by molar-refractivity contribution is 0.0976. The van der Waals surface area contributed by atoms with Crippen molar-refractivity contribution in [1.82, 2.24) is 9.55 Å². The van der Waals surface area contributed by atoms with Crippen molar-refractivity contribution in [2.45, 2.75) is 32.7 Å². The maximum Gasteiger partial charge on any atom is 0.162 e. The van der Waals surface area contributed by atoms with Crippen molar-refractivity contribution in [2.75, 3.05) is 0 Å². The molecule has 5 aromatic rings. The SMILES string of the molecule is Cc1ccc(C(=O)CCC(c2ccccc2)n2c(-c3ccc(C)cc3)nc3ccccc32)cc1. The number of carbonyl (C=O) groups excluding carboxylic acids is 1. The summed E-state index contributed by atoms with van der Waals surface area (Å²) in [6, 6.07) is 35.1. The topological polar surface area (TPSA) is 34.9 Å². The molecule has 3 heteroatoms. The third kappa shape index (κ3) is 4.42. The first-order chi connectivity index (χ1) is 16.6. The van der Waals surface area contributed by atoms with E-state index in [9.17, 15) is 4.79 Å². The molecule has 1 unspecified atom stereocenters. The van der Waals surface area contributed by atoms with Crippen LogP contribution in [-0.2, 0) is 0 Å². The van der Waals surface area contributed by atoms with Crippen LogP contribution in [0, 0.1) is 13.8 Å². The minimum absolute atomic E-state index is 0.0145. The number of ketones is 1. The highest BCUT2D eigenvalue weighted by Crippen LogP contribution is 2.34. The van der Waals surface area contributed by atoms with Crippen molar-refractivity contribution < 1.29 is 4.79 Å². The molecule has 0 fully saturated rings. The molecular weight excluding hydrogens is 416 g/mol. The van der Waals surface area contributed by atoms with E-state index in [1.165, 1.54) is 11.1 Å². The Balaban J connectivity index is 1.59. The maximum atomic E-state index is 13.1. The Morgan fingerprint density at radius 3 is 2.09 bits per heavy atom. The molecule has 0 saturated heterocycles. The van der Waals surface area contributed by atoms with E-state index in [1.54, 1.807) is 0 Å². The molecule has 5 rings (SSSR count). The lowest BCUT2D eigenvalue weighted by atomic mass is 9.97. The molecule has 1 atom stereocenters. The fourth-order valence-electron chi connectivity index (χ4n) is 4.54. The van der Waals surface area contributed by atoms with Crippen LogP contribution in [0.5, 0.6) is 0 Å². The van der Waals surface area contributed by atoms with E-state index >= 15 is 0 Å². The van der Waals surface area contributed by atoms with Gasteiger partial charge in [0.15, 0.2) is 5.78 Å². The van der Waals surface area contributed by atoms with Gasteiger partial charge < -0.3 is 4.57 Å². The van der Waals surface area contributed by atoms with Crippen LogP contribution in [0.3, 0.4) is 0 Å². The predicted octanol–water partition coefficient (Wildman–Crippen LogP) is 7.57. The summed E-state index contributed by atoms with van der Waals surface area (Å²) in [6.07, 6.45) is 1.15. The van der Waals surface area contributed by atoms with Crippen LogP contribution in [0.1, 0.15) is 45.9 Å². The normalized spacial score (nSPS) is 12.1. The minimum Gasteiger partial charge on any atom is -0.316 e. The molecule has 0 saturated carbocycles. The number of imidazole rings is 1. The standard InChI is InChI=1S/C31H28N2O/c1-22-12-16-25(17-13-22)30(34)21-20-28(24-8-4-3-5-9-24)33-29-11-7-6-10-27(29)32-31(33)26-18-14-23(2)15-19-26/h3-19,28H,20-21H2,1-2H3. The summed E-state index contributed by atoms with van der Waals surface area (Å²) in [4.78, 5) is 18.1. The number of aromatic nitrogens is 2. The van der Waals surface area contributed by atoms with E-state index < -0.39 is 0 Å². The summed E-state index contributed by atoms with van der Waals surface area (Å²) in [5, 5.41) is 0. The van der Waals surface area contributed by atoms with Crippen molar-refractivity contribution in [2.24, 2.45) is 0 Å². The number of hydrogen-bond acceptors (Lipinski definition) is 2. The van der Waals surface area contributed by atoms with Gasteiger partial charge in [-0.3, -0.25) is 4.79 Å². The van der Waals surface area contributed by atoms with Gasteiger partial charge in [0.2, 0.25) is 0 Å². The summed E-state index contributed by atoms with van der Waals surface area (Å²) in [5.74, 6) is 1.10. The Hall–Kier alpha value is -3.98.